The molecule has 0 aromatic carbocycles. The normalized spacial score (nSPS) is 30.0. The van der Waals surface area contributed by atoms with Gasteiger partial charge in [-0.15, -0.1) is 0 Å². The second-order valence-corrected chi connectivity index (χ2v) is 4.88. The monoisotopic (exact) mass is 244 g/mol. The number of rotatable bonds is 6. The second kappa shape index (κ2) is 7.28. The Morgan fingerprint density at radius 2 is 2.24 bits per heavy atom. The zero-order chi connectivity index (χ0) is 11.9. The Hall–Kier alpha value is -0.200. The van der Waals surface area contributed by atoms with Crippen LogP contribution in [0.5, 0.6) is 0 Å². The third-order valence-electron chi connectivity index (χ3n) is 3.49. The van der Waals surface area contributed by atoms with Gasteiger partial charge in [0.05, 0.1) is 19.3 Å². The van der Waals surface area contributed by atoms with E-state index < -0.39 is 0 Å². The minimum Gasteiger partial charge on any atom is -0.395 e. The number of aliphatic hydroxyl groups excluding tert-OH is 1. The molecule has 100 valence electrons. The summed E-state index contributed by atoms with van der Waals surface area (Å²) in [5.41, 5.74) is 0. The molecule has 2 rings (SSSR count). The Kier molecular flexibility index (Phi) is 5.67. The van der Waals surface area contributed by atoms with Crippen molar-refractivity contribution in [1.29, 1.82) is 0 Å². The fourth-order valence-electron chi connectivity index (χ4n) is 2.56. The van der Waals surface area contributed by atoms with Gasteiger partial charge in [-0.05, 0) is 25.8 Å². The van der Waals surface area contributed by atoms with Crippen molar-refractivity contribution < 1.29 is 14.6 Å². The highest BCUT2D eigenvalue weighted by molar-refractivity contribution is 4.79. The van der Waals surface area contributed by atoms with E-state index in [0.29, 0.717) is 12.8 Å². The SMILES string of the molecule is OCCN(CC1CCCN1)CC1CCOCO1. The smallest absolute Gasteiger partial charge is 0.147 e. The van der Waals surface area contributed by atoms with Gasteiger partial charge in [0.2, 0.25) is 0 Å². The van der Waals surface area contributed by atoms with E-state index in [0.717, 1.165) is 39.2 Å². The van der Waals surface area contributed by atoms with Crippen LogP contribution in [-0.2, 0) is 9.47 Å². The molecule has 0 saturated carbocycles. The number of nitrogens with one attached hydrogen (secondary N) is 1. The molecule has 0 amide bonds. The molecule has 0 radical (unpaired) electrons. The molecule has 5 nitrogen and oxygen atoms in total. The molecular weight excluding hydrogens is 220 g/mol. The lowest BCUT2D eigenvalue weighted by molar-refractivity contribution is -0.145. The summed E-state index contributed by atoms with van der Waals surface area (Å²) >= 11 is 0. The minimum atomic E-state index is 0.218. The Labute approximate surface area is 103 Å². The van der Waals surface area contributed by atoms with Crippen LogP contribution in [0.25, 0.3) is 0 Å². The average Bonchev–Trinajstić information content (AvgIpc) is 2.83. The van der Waals surface area contributed by atoms with Crippen LogP contribution in [0, 0.1) is 0 Å². The van der Waals surface area contributed by atoms with Crippen molar-refractivity contribution in [3.05, 3.63) is 0 Å². The Bertz CT molecular complexity index is 204. The molecule has 0 aromatic rings. The topological polar surface area (TPSA) is 54.0 Å². The molecule has 17 heavy (non-hydrogen) atoms. The van der Waals surface area contributed by atoms with Crippen molar-refractivity contribution in [3.63, 3.8) is 0 Å². The van der Waals surface area contributed by atoms with Crippen LogP contribution in [-0.4, -0.2) is 68.3 Å². The minimum absolute atomic E-state index is 0.218. The van der Waals surface area contributed by atoms with Crippen molar-refractivity contribution >= 4 is 0 Å². The molecule has 0 aliphatic carbocycles. The standard InChI is InChI=1S/C12H24N2O3/c15-6-5-14(8-11-2-1-4-13-11)9-12-3-7-16-10-17-12/h11-13,15H,1-10H2. The molecule has 0 bridgehead atoms. The maximum atomic E-state index is 9.11. The fourth-order valence-corrected chi connectivity index (χ4v) is 2.56. The molecule has 2 heterocycles. The highest BCUT2D eigenvalue weighted by Gasteiger charge is 2.22. The average molecular weight is 244 g/mol. The molecule has 2 N–H and O–H groups in total. The van der Waals surface area contributed by atoms with Gasteiger partial charge in [-0.25, -0.2) is 0 Å². The zero-order valence-electron chi connectivity index (χ0n) is 10.4. The first kappa shape index (κ1) is 13.2. The van der Waals surface area contributed by atoms with Crippen LogP contribution < -0.4 is 5.32 Å². The maximum absolute atomic E-state index is 9.11. The van der Waals surface area contributed by atoms with Crippen LogP contribution in [0.2, 0.25) is 0 Å². The molecule has 2 aliphatic rings. The van der Waals surface area contributed by atoms with Gasteiger partial charge in [-0.3, -0.25) is 4.90 Å². The lowest BCUT2D eigenvalue weighted by Crippen LogP contribution is -2.44. The first-order chi connectivity index (χ1) is 8.38. The molecular formula is C12H24N2O3. The number of hydrogen-bond donors (Lipinski definition) is 2. The number of nitrogens with zero attached hydrogens (tertiary/aromatic N) is 1. The third-order valence-corrected chi connectivity index (χ3v) is 3.49. The highest BCUT2D eigenvalue weighted by atomic mass is 16.7. The summed E-state index contributed by atoms with van der Waals surface area (Å²) in [5.74, 6) is 0. The van der Waals surface area contributed by atoms with E-state index in [9.17, 15) is 0 Å². The fraction of sp³-hybridized carbons (Fsp3) is 1.00. The van der Waals surface area contributed by atoms with Gasteiger partial charge in [-0.1, -0.05) is 0 Å². The summed E-state index contributed by atoms with van der Waals surface area (Å²) in [4.78, 5) is 2.30. The van der Waals surface area contributed by atoms with Gasteiger partial charge in [0, 0.05) is 25.7 Å². The first-order valence-corrected chi connectivity index (χ1v) is 6.64. The Morgan fingerprint density at radius 3 is 2.88 bits per heavy atom. The van der Waals surface area contributed by atoms with Gasteiger partial charge in [-0.2, -0.15) is 0 Å². The molecule has 0 aromatic heterocycles. The van der Waals surface area contributed by atoms with Crippen LogP contribution in [0.4, 0.5) is 0 Å². The number of hydrogen-bond acceptors (Lipinski definition) is 5. The van der Waals surface area contributed by atoms with Crippen molar-refractivity contribution in [1.82, 2.24) is 10.2 Å². The highest BCUT2D eigenvalue weighted by Crippen LogP contribution is 2.11. The molecule has 2 unspecified atom stereocenters. The van der Waals surface area contributed by atoms with Crippen molar-refractivity contribution in [3.8, 4) is 0 Å². The van der Waals surface area contributed by atoms with Gasteiger partial charge in [0.15, 0.2) is 0 Å². The van der Waals surface area contributed by atoms with E-state index >= 15 is 0 Å². The largest absolute Gasteiger partial charge is 0.395 e. The van der Waals surface area contributed by atoms with E-state index in [1.807, 2.05) is 0 Å². The second-order valence-electron chi connectivity index (χ2n) is 4.88. The predicted octanol–water partition coefficient (Wildman–Crippen LogP) is -0.204. The summed E-state index contributed by atoms with van der Waals surface area (Å²) in [6.07, 6.45) is 3.74. The van der Waals surface area contributed by atoms with E-state index in [-0.39, 0.29) is 12.7 Å². The van der Waals surface area contributed by atoms with Crippen LogP contribution >= 0.6 is 0 Å². The molecule has 0 spiro atoms. The summed E-state index contributed by atoms with van der Waals surface area (Å²) in [6.45, 7) is 5.21. The van der Waals surface area contributed by atoms with Crippen LogP contribution in [0.15, 0.2) is 0 Å². The van der Waals surface area contributed by atoms with Crippen LogP contribution in [0.3, 0.4) is 0 Å². The molecule has 2 saturated heterocycles. The number of ether oxygens (including phenoxy) is 2. The molecule has 2 fully saturated rings. The number of aliphatic hydroxyl groups is 1. The van der Waals surface area contributed by atoms with Crippen molar-refractivity contribution in [2.24, 2.45) is 0 Å². The lowest BCUT2D eigenvalue weighted by atomic mass is 10.2. The van der Waals surface area contributed by atoms with E-state index in [1.165, 1.54) is 12.8 Å². The van der Waals surface area contributed by atoms with Gasteiger partial charge in [0.1, 0.15) is 6.79 Å². The third kappa shape index (κ3) is 4.52. The van der Waals surface area contributed by atoms with Crippen LogP contribution in [0.1, 0.15) is 19.3 Å². The maximum Gasteiger partial charge on any atom is 0.147 e. The summed E-state index contributed by atoms with van der Waals surface area (Å²) in [6, 6.07) is 0.585. The Morgan fingerprint density at radius 1 is 1.29 bits per heavy atom. The Balaban J connectivity index is 1.74. The predicted molar refractivity (Wildman–Crippen MR) is 64.9 cm³/mol. The van der Waals surface area contributed by atoms with Gasteiger partial charge in [0.25, 0.3) is 0 Å². The quantitative estimate of drug-likeness (QED) is 0.677. The first-order valence-electron chi connectivity index (χ1n) is 6.64. The van der Waals surface area contributed by atoms with E-state index in [4.69, 9.17) is 14.6 Å². The zero-order valence-corrected chi connectivity index (χ0v) is 10.4. The van der Waals surface area contributed by atoms with Gasteiger partial charge >= 0.3 is 0 Å². The van der Waals surface area contributed by atoms with Crippen molar-refractivity contribution in [2.75, 3.05) is 46.2 Å². The summed E-state index contributed by atoms with van der Waals surface area (Å²) in [5, 5.41) is 12.6. The lowest BCUT2D eigenvalue weighted by Gasteiger charge is -2.31. The van der Waals surface area contributed by atoms with E-state index in [2.05, 4.69) is 10.2 Å². The molecule has 5 heteroatoms. The van der Waals surface area contributed by atoms with Crippen molar-refractivity contribution in [2.45, 2.75) is 31.4 Å². The molecule has 2 aliphatic heterocycles. The summed E-state index contributed by atoms with van der Waals surface area (Å²) < 4.78 is 10.7. The van der Waals surface area contributed by atoms with E-state index in [1.54, 1.807) is 0 Å². The molecule has 2 atom stereocenters. The summed E-state index contributed by atoms with van der Waals surface area (Å²) in [7, 11) is 0. The van der Waals surface area contributed by atoms with Gasteiger partial charge < -0.3 is 19.9 Å².